The maximum Gasteiger partial charge on any atom is 0.257 e. The number of hydrogen-bond donors (Lipinski definition) is 2. The Hall–Kier alpha value is -1.66. The summed E-state index contributed by atoms with van der Waals surface area (Å²) in [6.07, 6.45) is 3.72. The number of hydrogen-bond acceptors (Lipinski definition) is 4. The van der Waals surface area contributed by atoms with Gasteiger partial charge in [-0.1, -0.05) is 23.3 Å². The van der Waals surface area contributed by atoms with E-state index in [4.69, 9.17) is 0 Å². The molecule has 0 radical (unpaired) electrons. The van der Waals surface area contributed by atoms with E-state index in [9.17, 15) is 9.90 Å². The summed E-state index contributed by atoms with van der Waals surface area (Å²) in [7, 11) is -0.106. The number of anilines is 1. The molecule has 1 atom stereocenters. The highest BCUT2D eigenvalue weighted by Crippen LogP contribution is 2.30. The molecule has 0 saturated carbocycles. The summed E-state index contributed by atoms with van der Waals surface area (Å²) in [5, 5.41) is 12.5. The lowest BCUT2D eigenvalue weighted by Gasteiger charge is -2.01. The summed E-state index contributed by atoms with van der Waals surface area (Å²) in [6, 6.07) is 6.19. The Morgan fingerprint density at radius 3 is 2.94 bits per heavy atom. The Bertz CT molecular complexity index is 608. The lowest BCUT2D eigenvalue weighted by atomic mass is 10.2. The molecule has 0 aliphatic rings. The van der Waals surface area contributed by atoms with E-state index in [0.717, 1.165) is 4.21 Å². The molecule has 0 bridgehead atoms. The number of phenolic OH excluding ortho intramolecular Hbond substituents is 1. The van der Waals surface area contributed by atoms with E-state index in [1.54, 1.807) is 18.3 Å². The third-order valence-corrected chi connectivity index (χ3v) is 4.76. The molecule has 0 aliphatic heterocycles. The van der Waals surface area contributed by atoms with Gasteiger partial charge in [0, 0.05) is 5.56 Å². The molecule has 2 rings (SSSR count). The van der Waals surface area contributed by atoms with Gasteiger partial charge in [-0.25, -0.2) is 4.98 Å². The third kappa shape index (κ3) is 2.96. The maximum atomic E-state index is 11.9. The van der Waals surface area contributed by atoms with E-state index in [2.05, 4.69) is 16.2 Å². The first-order chi connectivity index (χ1) is 8.56. The van der Waals surface area contributed by atoms with Gasteiger partial charge in [0.25, 0.3) is 5.91 Å². The van der Waals surface area contributed by atoms with Gasteiger partial charge in [0.1, 0.15) is 5.75 Å². The molecule has 1 amide bonds. The van der Waals surface area contributed by atoms with Crippen molar-refractivity contribution in [1.29, 1.82) is 0 Å². The molecule has 0 aliphatic carbocycles. The molecule has 4 nitrogen and oxygen atoms in total. The van der Waals surface area contributed by atoms with Gasteiger partial charge in [-0.3, -0.25) is 10.1 Å². The molecular formula is C12H12N2O2S2. The van der Waals surface area contributed by atoms with Crippen LogP contribution in [0.5, 0.6) is 5.75 Å². The van der Waals surface area contributed by atoms with Crippen LogP contribution in [0.2, 0.25) is 0 Å². The van der Waals surface area contributed by atoms with E-state index >= 15 is 0 Å². The Balaban J connectivity index is 2.13. The van der Waals surface area contributed by atoms with Crippen molar-refractivity contribution >= 4 is 38.7 Å². The van der Waals surface area contributed by atoms with Gasteiger partial charge in [-0.05, 0) is 24.5 Å². The van der Waals surface area contributed by atoms with E-state index in [0.29, 0.717) is 10.7 Å². The van der Waals surface area contributed by atoms with Crippen LogP contribution in [0.3, 0.4) is 0 Å². The minimum Gasteiger partial charge on any atom is -0.508 e. The van der Waals surface area contributed by atoms with Gasteiger partial charge in [0.2, 0.25) is 0 Å². The zero-order valence-electron chi connectivity index (χ0n) is 9.71. The van der Waals surface area contributed by atoms with E-state index in [1.807, 2.05) is 6.26 Å². The lowest BCUT2D eigenvalue weighted by Crippen LogP contribution is -2.11. The molecule has 0 fully saturated rings. The van der Waals surface area contributed by atoms with Crippen molar-refractivity contribution in [3.05, 3.63) is 36.0 Å². The molecule has 2 N–H and O–H groups in total. The van der Waals surface area contributed by atoms with Crippen LogP contribution in [-0.4, -0.2) is 28.1 Å². The second kappa shape index (κ2) is 5.32. The third-order valence-electron chi connectivity index (χ3n) is 2.16. The van der Waals surface area contributed by atoms with Crippen LogP contribution in [0.15, 0.2) is 34.7 Å². The molecule has 2 aromatic rings. The highest BCUT2D eigenvalue weighted by atomic mass is 32.2. The summed E-state index contributed by atoms with van der Waals surface area (Å²) < 4.78 is 1.04. The van der Waals surface area contributed by atoms with E-state index < -0.39 is 0 Å². The van der Waals surface area contributed by atoms with Crippen LogP contribution < -0.4 is 5.32 Å². The Morgan fingerprint density at radius 1 is 1.56 bits per heavy atom. The van der Waals surface area contributed by atoms with Gasteiger partial charge in [-0.15, -0.1) is 0 Å². The van der Waals surface area contributed by atoms with Crippen LogP contribution in [0, 0.1) is 0 Å². The van der Waals surface area contributed by atoms with Crippen molar-refractivity contribution < 1.29 is 9.90 Å². The zero-order chi connectivity index (χ0) is 13.1. The summed E-state index contributed by atoms with van der Waals surface area (Å²) >= 11 is 1.41. The molecule has 1 aromatic heterocycles. The van der Waals surface area contributed by atoms with Gasteiger partial charge in [0.15, 0.2) is 5.13 Å². The Labute approximate surface area is 111 Å². The molecule has 0 saturated heterocycles. The number of phenols is 1. The van der Waals surface area contributed by atoms with Crippen LogP contribution >= 0.6 is 21.8 Å². The standard InChI is InChI=1S/C12H12N2O2S2/c1-18(2)10-7-13-12(17-10)14-11(16)8-4-3-5-9(15)6-8/h3-7,15H,1H2,2H3,(H,13,14,16). The van der Waals surface area contributed by atoms with Gasteiger partial charge < -0.3 is 5.11 Å². The topological polar surface area (TPSA) is 62.2 Å². The summed E-state index contributed by atoms with van der Waals surface area (Å²) in [5.41, 5.74) is 0.400. The predicted octanol–water partition coefficient (Wildman–Crippen LogP) is 2.79. The largest absolute Gasteiger partial charge is 0.508 e. The number of aromatic hydroxyl groups is 1. The quantitative estimate of drug-likeness (QED) is 0.850. The maximum absolute atomic E-state index is 11.9. The fourth-order valence-electron chi connectivity index (χ4n) is 1.29. The molecule has 1 heterocycles. The number of rotatable bonds is 3. The van der Waals surface area contributed by atoms with Crippen LogP contribution in [0.1, 0.15) is 10.4 Å². The second-order valence-corrected chi connectivity index (χ2v) is 6.63. The van der Waals surface area contributed by atoms with Gasteiger partial charge in [0.05, 0.1) is 10.4 Å². The number of aromatic nitrogens is 1. The monoisotopic (exact) mass is 280 g/mol. The average Bonchev–Trinajstić information content (AvgIpc) is 2.77. The lowest BCUT2D eigenvalue weighted by molar-refractivity contribution is 0.102. The van der Waals surface area contributed by atoms with Crippen molar-refractivity contribution in [3.63, 3.8) is 0 Å². The van der Waals surface area contributed by atoms with Crippen LogP contribution in [0.4, 0.5) is 5.13 Å². The number of benzene rings is 1. The number of thiazole rings is 1. The molecule has 1 unspecified atom stereocenters. The summed E-state index contributed by atoms with van der Waals surface area (Å²) in [6.45, 7) is 0. The predicted molar refractivity (Wildman–Crippen MR) is 77.1 cm³/mol. The first-order valence-corrected chi connectivity index (χ1v) is 7.70. The number of carbonyl (C=O) groups excluding carboxylic acids is 1. The molecule has 94 valence electrons. The van der Waals surface area contributed by atoms with Crippen molar-refractivity contribution in [3.8, 4) is 5.75 Å². The van der Waals surface area contributed by atoms with Gasteiger partial charge >= 0.3 is 0 Å². The fraction of sp³-hybridized carbons (Fsp3) is 0.0833. The smallest absolute Gasteiger partial charge is 0.257 e. The first kappa shape index (κ1) is 12.8. The van der Waals surface area contributed by atoms with E-state index in [1.165, 1.54) is 23.5 Å². The highest BCUT2D eigenvalue weighted by Gasteiger charge is 2.09. The molecular weight excluding hydrogens is 268 g/mol. The first-order valence-electron chi connectivity index (χ1n) is 5.08. The Kier molecular flexibility index (Phi) is 3.78. The molecule has 0 spiro atoms. The normalized spacial score (nSPS) is 12.1. The molecule has 18 heavy (non-hydrogen) atoms. The number of amides is 1. The SMILES string of the molecule is C=S(C)c1cnc(NC(=O)c2cccc(O)c2)s1. The average molecular weight is 280 g/mol. The van der Waals surface area contributed by atoms with Crippen molar-refractivity contribution in [2.45, 2.75) is 4.21 Å². The highest BCUT2D eigenvalue weighted by molar-refractivity contribution is 8.14. The van der Waals surface area contributed by atoms with Crippen molar-refractivity contribution in [2.75, 3.05) is 11.6 Å². The number of nitrogens with zero attached hydrogens (tertiary/aromatic N) is 1. The van der Waals surface area contributed by atoms with Gasteiger partial charge in [-0.2, -0.15) is 10.5 Å². The van der Waals surface area contributed by atoms with Crippen LogP contribution in [0.25, 0.3) is 0 Å². The second-order valence-electron chi connectivity index (χ2n) is 3.63. The summed E-state index contributed by atoms with van der Waals surface area (Å²) in [5.74, 6) is 3.70. The van der Waals surface area contributed by atoms with Crippen molar-refractivity contribution in [2.24, 2.45) is 0 Å². The Morgan fingerprint density at radius 2 is 2.33 bits per heavy atom. The minimum absolute atomic E-state index is 0.0651. The van der Waals surface area contributed by atoms with Crippen LogP contribution in [-0.2, 0) is 0 Å². The zero-order valence-corrected chi connectivity index (χ0v) is 11.3. The minimum atomic E-state index is -0.285. The fourth-order valence-corrected chi connectivity index (χ4v) is 2.88. The van der Waals surface area contributed by atoms with Crippen molar-refractivity contribution in [1.82, 2.24) is 4.98 Å². The molecule has 6 heteroatoms. The number of carbonyl (C=O) groups is 1. The molecule has 1 aromatic carbocycles. The number of nitrogens with one attached hydrogen (secondary N) is 1. The summed E-state index contributed by atoms with van der Waals surface area (Å²) in [4.78, 5) is 16.0. The van der Waals surface area contributed by atoms with E-state index in [-0.39, 0.29) is 22.1 Å².